The highest BCUT2D eigenvalue weighted by atomic mass is 16.3. The summed E-state index contributed by atoms with van der Waals surface area (Å²) in [4.78, 5) is 15.5. The quantitative estimate of drug-likeness (QED) is 0.813. The fourth-order valence-corrected chi connectivity index (χ4v) is 2.21. The Bertz CT molecular complexity index is 411. The van der Waals surface area contributed by atoms with E-state index in [1.54, 1.807) is 12.1 Å². The molecule has 1 saturated heterocycles. The summed E-state index contributed by atoms with van der Waals surface area (Å²) in [5, 5.41) is 9.25. The maximum Gasteiger partial charge on any atom is 0.234 e. The van der Waals surface area contributed by atoms with E-state index in [0.29, 0.717) is 0 Å². The third-order valence-corrected chi connectivity index (χ3v) is 3.49. The fraction of sp³-hybridized carbons (Fsp3) is 0.462. The highest BCUT2D eigenvalue weighted by molar-refractivity contribution is 5.79. The van der Waals surface area contributed by atoms with Crippen LogP contribution in [-0.2, 0) is 4.79 Å². The van der Waals surface area contributed by atoms with E-state index in [1.807, 2.05) is 19.1 Å². The second kappa shape index (κ2) is 5.27. The first kappa shape index (κ1) is 12.7. The SMILES string of the molecule is CC(C(N)=O)N1CCN(c2ccc(O)cc2)CC1. The van der Waals surface area contributed by atoms with Crippen LogP contribution in [0.3, 0.4) is 0 Å². The lowest BCUT2D eigenvalue weighted by atomic mass is 10.2. The predicted octanol–water partition coefficient (Wildman–Crippen LogP) is 0.388. The van der Waals surface area contributed by atoms with E-state index in [2.05, 4.69) is 9.80 Å². The van der Waals surface area contributed by atoms with Crippen LogP contribution >= 0.6 is 0 Å². The smallest absolute Gasteiger partial charge is 0.234 e. The van der Waals surface area contributed by atoms with Crippen molar-refractivity contribution in [2.45, 2.75) is 13.0 Å². The van der Waals surface area contributed by atoms with Gasteiger partial charge in [-0.3, -0.25) is 9.69 Å². The average Bonchev–Trinajstić information content (AvgIpc) is 2.39. The molecule has 0 spiro atoms. The Labute approximate surface area is 107 Å². The zero-order valence-corrected chi connectivity index (χ0v) is 10.5. The van der Waals surface area contributed by atoms with Crippen molar-refractivity contribution in [3.05, 3.63) is 24.3 Å². The van der Waals surface area contributed by atoms with Crippen LogP contribution in [0, 0.1) is 0 Å². The number of nitrogens with zero attached hydrogens (tertiary/aromatic N) is 2. The number of phenolic OH excluding ortho intramolecular Hbond substituents is 1. The molecule has 1 unspecified atom stereocenters. The summed E-state index contributed by atoms with van der Waals surface area (Å²) in [6, 6.07) is 6.99. The normalized spacial score (nSPS) is 18.6. The van der Waals surface area contributed by atoms with Gasteiger partial charge in [-0.25, -0.2) is 0 Å². The minimum atomic E-state index is -0.270. The van der Waals surface area contributed by atoms with Gasteiger partial charge in [-0.1, -0.05) is 0 Å². The van der Waals surface area contributed by atoms with E-state index >= 15 is 0 Å². The molecule has 0 aromatic heterocycles. The Morgan fingerprint density at radius 1 is 1.22 bits per heavy atom. The Balaban J connectivity index is 1.94. The number of phenols is 1. The molecule has 98 valence electrons. The molecule has 1 aromatic rings. The molecule has 1 atom stereocenters. The zero-order chi connectivity index (χ0) is 13.1. The van der Waals surface area contributed by atoms with Crippen LogP contribution < -0.4 is 10.6 Å². The third-order valence-electron chi connectivity index (χ3n) is 3.49. The molecular weight excluding hydrogens is 230 g/mol. The molecule has 1 amide bonds. The van der Waals surface area contributed by atoms with Crippen LogP contribution in [0.15, 0.2) is 24.3 Å². The van der Waals surface area contributed by atoms with Gasteiger partial charge < -0.3 is 15.7 Å². The van der Waals surface area contributed by atoms with Crippen molar-refractivity contribution in [2.75, 3.05) is 31.1 Å². The van der Waals surface area contributed by atoms with Gasteiger partial charge in [0.1, 0.15) is 5.75 Å². The molecule has 5 heteroatoms. The van der Waals surface area contributed by atoms with Crippen molar-refractivity contribution in [3.63, 3.8) is 0 Å². The van der Waals surface area contributed by atoms with Crippen LogP contribution in [-0.4, -0.2) is 48.1 Å². The van der Waals surface area contributed by atoms with E-state index in [-0.39, 0.29) is 17.7 Å². The molecule has 5 nitrogen and oxygen atoms in total. The Kier molecular flexibility index (Phi) is 3.72. The van der Waals surface area contributed by atoms with Gasteiger partial charge in [0.2, 0.25) is 5.91 Å². The summed E-state index contributed by atoms with van der Waals surface area (Å²) in [6.07, 6.45) is 0. The summed E-state index contributed by atoms with van der Waals surface area (Å²) in [6.45, 7) is 5.22. The fourth-order valence-electron chi connectivity index (χ4n) is 2.21. The van der Waals surface area contributed by atoms with Crippen LogP contribution in [0.25, 0.3) is 0 Å². The largest absolute Gasteiger partial charge is 0.508 e. The summed E-state index contributed by atoms with van der Waals surface area (Å²) < 4.78 is 0. The minimum Gasteiger partial charge on any atom is -0.508 e. The highest BCUT2D eigenvalue weighted by Crippen LogP contribution is 2.20. The van der Waals surface area contributed by atoms with Crippen LogP contribution in [0.5, 0.6) is 5.75 Å². The first-order valence-corrected chi connectivity index (χ1v) is 6.15. The van der Waals surface area contributed by atoms with Crippen molar-refractivity contribution >= 4 is 11.6 Å². The lowest BCUT2D eigenvalue weighted by Crippen LogP contribution is -2.53. The monoisotopic (exact) mass is 249 g/mol. The number of hydrogen-bond donors (Lipinski definition) is 2. The number of anilines is 1. The van der Waals surface area contributed by atoms with Crippen molar-refractivity contribution < 1.29 is 9.90 Å². The number of carbonyl (C=O) groups is 1. The molecule has 1 aromatic carbocycles. The van der Waals surface area contributed by atoms with E-state index in [4.69, 9.17) is 5.73 Å². The van der Waals surface area contributed by atoms with Gasteiger partial charge in [-0.05, 0) is 31.2 Å². The van der Waals surface area contributed by atoms with Crippen molar-refractivity contribution in [1.82, 2.24) is 4.90 Å². The van der Waals surface area contributed by atoms with Gasteiger partial charge in [-0.15, -0.1) is 0 Å². The maximum absolute atomic E-state index is 11.1. The molecule has 0 saturated carbocycles. The molecule has 1 fully saturated rings. The van der Waals surface area contributed by atoms with Crippen molar-refractivity contribution in [3.8, 4) is 5.75 Å². The molecular formula is C13H19N3O2. The van der Waals surface area contributed by atoms with Gasteiger partial charge in [0.25, 0.3) is 0 Å². The Morgan fingerprint density at radius 3 is 2.28 bits per heavy atom. The number of primary amides is 1. The number of hydrogen-bond acceptors (Lipinski definition) is 4. The van der Waals surface area contributed by atoms with E-state index in [9.17, 15) is 9.90 Å². The van der Waals surface area contributed by atoms with Gasteiger partial charge >= 0.3 is 0 Å². The molecule has 0 radical (unpaired) electrons. The number of benzene rings is 1. The third kappa shape index (κ3) is 2.73. The molecule has 18 heavy (non-hydrogen) atoms. The van der Waals surface area contributed by atoms with Gasteiger partial charge in [0, 0.05) is 31.9 Å². The first-order valence-electron chi connectivity index (χ1n) is 6.15. The van der Waals surface area contributed by atoms with E-state index in [0.717, 1.165) is 31.9 Å². The van der Waals surface area contributed by atoms with Gasteiger partial charge in [0.05, 0.1) is 6.04 Å². The summed E-state index contributed by atoms with van der Waals surface area (Å²) in [5.41, 5.74) is 6.40. The lowest BCUT2D eigenvalue weighted by Gasteiger charge is -2.38. The van der Waals surface area contributed by atoms with E-state index < -0.39 is 0 Å². The number of rotatable bonds is 3. The molecule has 1 aliphatic rings. The molecule has 1 heterocycles. The second-order valence-electron chi connectivity index (χ2n) is 4.62. The Morgan fingerprint density at radius 2 is 1.78 bits per heavy atom. The predicted molar refractivity (Wildman–Crippen MR) is 70.5 cm³/mol. The highest BCUT2D eigenvalue weighted by Gasteiger charge is 2.23. The zero-order valence-electron chi connectivity index (χ0n) is 10.5. The van der Waals surface area contributed by atoms with Crippen LogP contribution in [0.1, 0.15) is 6.92 Å². The van der Waals surface area contributed by atoms with Gasteiger partial charge in [0.15, 0.2) is 0 Å². The molecule has 2 rings (SSSR count). The summed E-state index contributed by atoms with van der Waals surface area (Å²) in [5.74, 6) is 0.00724. The second-order valence-corrected chi connectivity index (χ2v) is 4.62. The molecule has 1 aliphatic heterocycles. The average molecular weight is 249 g/mol. The minimum absolute atomic E-state index is 0.202. The van der Waals surface area contributed by atoms with Crippen LogP contribution in [0.4, 0.5) is 5.69 Å². The number of carbonyl (C=O) groups excluding carboxylic acids is 1. The topological polar surface area (TPSA) is 69.8 Å². The lowest BCUT2D eigenvalue weighted by molar-refractivity contribution is -0.122. The van der Waals surface area contributed by atoms with Crippen molar-refractivity contribution in [2.24, 2.45) is 5.73 Å². The first-order chi connectivity index (χ1) is 8.58. The summed E-state index contributed by atoms with van der Waals surface area (Å²) >= 11 is 0. The Hall–Kier alpha value is -1.75. The number of aromatic hydroxyl groups is 1. The molecule has 0 aliphatic carbocycles. The molecule has 3 N–H and O–H groups in total. The standard InChI is InChI=1S/C13H19N3O2/c1-10(13(14)18)15-6-8-16(9-7-15)11-2-4-12(17)5-3-11/h2-5,10,17H,6-9H2,1H3,(H2,14,18). The number of piperazine rings is 1. The number of nitrogens with two attached hydrogens (primary N) is 1. The van der Waals surface area contributed by atoms with Gasteiger partial charge in [-0.2, -0.15) is 0 Å². The van der Waals surface area contributed by atoms with E-state index in [1.165, 1.54) is 0 Å². The summed E-state index contributed by atoms with van der Waals surface area (Å²) in [7, 11) is 0. The number of amides is 1. The van der Waals surface area contributed by atoms with Crippen molar-refractivity contribution in [1.29, 1.82) is 0 Å². The van der Waals surface area contributed by atoms with Crippen LogP contribution in [0.2, 0.25) is 0 Å². The maximum atomic E-state index is 11.1. The molecule has 0 bridgehead atoms.